The number of nitrogens with zero attached hydrogens (tertiary/aromatic N) is 1. The fourth-order valence-corrected chi connectivity index (χ4v) is 3.53. The molecule has 0 atom stereocenters. The van der Waals surface area contributed by atoms with E-state index in [-0.39, 0.29) is 12.5 Å². The van der Waals surface area contributed by atoms with Gasteiger partial charge in [0.1, 0.15) is 0 Å². The predicted octanol–water partition coefficient (Wildman–Crippen LogP) is 4.55. The lowest BCUT2D eigenvalue weighted by atomic mass is 10.1. The van der Waals surface area contributed by atoms with Crippen LogP contribution >= 0.6 is 0 Å². The Balaban J connectivity index is 1.41. The maximum Gasteiger partial charge on any atom is 0.262 e. The van der Waals surface area contributed by atoms with Crippen molar-refractivity contribution in [3.63, 3.8) is 0 Å². The number of benzene rings is 3. The Morgan fingerprint density at radius 3 is 2.66 bits per heavy atom. The van der Waals surface area contributed by atoms with E-state index in [1.165, 1.54) is 22.3 Å². The smallest absolute Gasteiger partial charge is 0.262 e. The van der Waals surface area contributed by atoms with Crippen molar-refractivity contribution in [3.05, 3.63) is 77.4 Å². The number of hydrogen-bond acceptors (Lipinski definition) is 4. The highest BCUT2D eigenvalue weighted by molar-refractivity contribution is 5.93. The van der Waals surface area contributed by atoms with Gasteiger partial charge in [0.05, 0.1) is 18.2 Å². The average Bonchev–Trinajstić information content (AvgIpc) is 3.10. The summed E-state index contributed by atoms with van der Waals surface area (Å²) in [5.41, 5.74) is 6.20. The quantitative estimate of drug-likeness (QED) is 0.530. The van der Waals surface area contributed by atoms with Crippen LogP contribution in [0.4, 0.5) is 5.69 Å². The van der Waals surface area contributed by atoms with Crippen molar-refractivity contribution < 1.29 is 14.3 Å². The van der Waals surface area contributed by atoms with E-state index >= 15 is 0 Å². The number of nitrogens with one attached hydrogen (secondary N) is 1. The number of ether oxygens (including phenoxy) is 2. The summed E-state index contributed by atoms with van der Waals surface area (Å²) in [4.78, 5) is 12.4. The SMILES string of the molecule is CCOc1cc(C#N)ccc1OCC(=O)Nc1ccc2c(c1)Cc1ccccc1-2. The molecule has 3 aromatic rings. The summed E-state index contributed by atoms with van der Waals surface area (Å²) in [6.07, 6.45) is 0.870. The first kappa shape index (κ1) is 18.6. The van der Waals surface area contributed by atoms with Crippen LogP contribution in [0.2, 0.25) is 0 Å². The van der Waals surface area contributed by atoms with Gasteiger partial charge in [-0.2, -0.15) is 5.26 Å². The molecule has 3 aromatic carbocycles. The molecular formula is C24H20N2O3. The number of amides is 1. The Morgan fingerprint density at radius 2 is 1.83 bits per heavy atom. The van der Waals surface area contributed by atoms with Crippen LogP contribution in [0.25, 0.3) is 11.1 Å². The van der Waals surface area contributed by atoms with Gasteiger partial charge in [0.25, 0.3) is 5.91 Å². The molecule has 0 heterocycles. The Labute approximate surface area is 169 Å². The maximum absolute atomic E-state index is 12.4. The minimum Gasteiger partial charge on any atom is -0.490 e. The molecule has 0 bridgehead atoms. The van der Waals surface area contributed by atoms with Crippen molar-refractivity contribution in [3.8, 4) is 28.7 Å². The highest BCUT2D eigenvalue weighted by atomic mass is 16.5. The average molecular weight is 384 g/mol. The molecule has 1 N–H and O–H groups in total. The summed E-state index contributed by atoms with van der Waals surface area (Å²) in [6, 6.07) is 21.3. The van der Waals surface area contributed by atoms with Crippen LogP contribution in [0.5, 0.6) is 11.5 Å². The summed E-state index contributed by atoms with van der Waals surface area (Å²) < 4.78 is 11.1. The van der Waals surface area contributed by atoms with Crippen molar-refractivity contribution in [2.75, 3.05) is 18.5 Å². The van der Waals surface area contributed by atoms with Gasteiger partial charge in [-0.05, 0) is 59.9 Å². The summed E-state index contributed by atoms with van der Waals surface area (Å²) >= 11 is 0. The Kier molecular flexibility index (Phi) is 5.17. The Morgan fingerprint density at radius 1 is 1.00 bits per heavy atom. The van der Waals surface area contributed by atoms with Crippen LogP contribution in [-0.2, 0) is 11.2 Å². The standard InChI is InChI=1S/C24H20N2O3/c1-2-28-23-11-16(14-25)7-10-22(23)29-15-24(27)26-19-8-9-21-18(13-19)12-17-5-3-4-6-20(17)21/h3-11,13H,2,12,15H2,1H3,(H,26,27). The molecule has 0 fully saturated rings. The highest BCUT2D eigenvalue weighted by Gasteiger charge is 2.18. The fourth-order valence-electron chi connectivity index (χ4n) is 3.53. The zero-order chi connectivity index (χ0) is 20.2. The van der Waals surface area contributed by atoms with E-state index in [0.29, 0.717) is 23.7 Å². The van der Waals surface area contributed by atoms with E-state index in [9.17, 15) is 4.79 Å². The molecule has 29 heavy (non-hydrogen) atoms. The third kappa shape index (κ3) is 3.92. The van der Waals surface area contributed by atoms with Crippen LogP contribution in [-0.4, -0.2) is 19.1 Å². The number of carbonyl (C=O) groups is 1. The molecule has 0 aliphatic heterocycles. The largest absolute Gasteiger partial charge is 0.490 e. The Bertz CT molecular complexity index is 1120. The minimum atomic E-state index is -0.257. The molecule has 4 rings (SSSR count). The molecule has 0 spiro atoms. The molecule has 0 radical (unpaired) electrons. The van der Waals surface area contributed by atoms with Crippen molar-refractivity contribution in [2.45, 2.75) is 13.3 Å². The van der Waals surface area contributed by atoms with E-state index in [0.717, 1.165) is 12.1 Å². The van der Waals surface area contributed by atoms with Crippen LogP contribution in [0.15, 0.2) is 60.7 Å². The molecule has 1 aliphatic carbocycles. The molecule has 5 nitrogen and oxygen atoms in total. The van der Waals surface area contributed by atoms with Crippen molar-refractivity contribution >= 4 is 11.6 Å². The van der Waals surface area contributed by atoms with Crippen molar-refractivity contribution in [1.82, 2.24) is 0 Å². The van der Waals surface area contributed by atoms with Gasteiger partial charge < -0.3 is 14.8 Å². The second-order valence-electron chi connectivity index (χ2n) is 6.75. The summed E-state index contributed by atoms with van der Waals surface area (Å²) in [5.74, 6) is 0.632. The van der Waals surface area contributed by atoms with Gasteiger partial charge in [-0.15, -0.1) is 0 Å². The van der Waals surface area contributed by atoms with Crippen molar-refractivity contribution in [2.24, 2.45) is 0 Å². The lowest BCUT2D eigenvalue weighted by Gasteiger charge is -2.12. The lowest BCUT2D eigenvalue weighted by molar-refractivity contribution is -0.118. The lowest BCUT2D eigenvalue weighted by Crippen LogP contribution is -2.20. The Hall–Kier alpha value is -3.78. The summed E-state index contributed by atoms with van der Waals surface area (Å²) in [7, 11) is 0. The number of hydrogen-bond donors (Lipinski definition) is 1. The van der Waals surface area contributed by atoms with Gasteiger partial charge in [0.2, 0.25) is 0 Å². The van der Waals surface area contributed by atoms with E-state index in [4.69, 9.17) is 14.7 Å². The van der Waals surface area contributed by atoms with Gasteiger partial charge in [0.15, 0.2) is 18.1 Å². The molecule has 5 heteroatoms. The number of anilines is 1. The maximum atomic E-state index is 12.4. The summed E-state index contributed by atoms with van der Waals surface area (Å²) in [6.45, 7) is 2.14. The molecule has 0 aromatic heterocycles. The van der Waals surface area contributed by atoms with Crippen LogP contribution < -0.4 is 14.8 Å². The second kappa shape index (κ2) is 8.07. The van der Waals surface area contributed by atoms with Crippen LogP contribution in [0.1, 0.15) is 23.6 Å². The number of carbonyl (C=O) groups excluding carboxylic acids is 1. The molecule has 144 valence electrons. The first-order valence-electron chi connectivity index (χ1n) is 9.48. The molecule has 1 aliphatic rings. The number of nitriles is 1. The van der Waals surface area contributed by atoms with Crippen molar-refractivity contribution in [1.29, 1.82) is 5.26 Å². The molecule has 0 saturated carbocycles. The third-order valence-electron chi connectivity index (χ3n) is 4.81. The predicted molar refractivity (Wildman–Crippen MR) is 111 cm³/mol. The van der Waals surface area contributed by atoms with Gasteiger partial charge in [-0.25, -0.2) is 0 Å². The molecule has 0 unspecified atom stereocenters. The molecular weight excluding hydrogens is 364 g/mol. The first-order chi connectivity index (χ1) is 14.2. The molecule has 1 amide bonds. The number of fused-ring (bicyclic) bond motifs is 3. The first-order valence-corrected chi connectivity index (χ1v) is 9.48. The van der Waals surface area contributed by atoms with E-state index in [2.05, 4.69) is 23.5 Å². The monoisotopic (exact) mass is 384 g/mol. The highest BCUT2D eigenvalue weighted by Crippen LogP contribution is 2.37. The van der Waals surface area contributed by atoms with Gasteiger partial charge in [0, 0.05) is 11.8 Å². The van der Waals surface area contributed by atoms with Crippen LogP contribution in [0.3, 0.4) is 0 Å². The van der Waals surface area contributed by atoms with Gasteiger partial charge in [-0.1, -0.05) is 30.3 Å². The van der Waals surface area contributed by atoms with Gasteiger partial charge in [-0.3, -0.25) is 4.79 Å². The van der Waals surface area contributed by atoms with E-state index in [1.807, 2.05) is 37.3 Å². The van der Waals surface area contributed by atoms with Gasteiger partial charge >= 0.3 is 0 Å². The second-order valence-corrected chi connectivity index (χ2v) is 6.75. The summed E-state index contributed by atoms with van der Waals surface area (Å²) in [5, 5.41) is 11.9. The van der Waals surface area contributed by atoms with E-state index in [1.54, 1.807) is 18.2 Å². The topological polar surface area (TPSA) is 71.3 Å². The normalized spacial score (nSPS) is 11.2. The minimum absolute atomic E-state index is 0.150. The zero-order valence-corrected chi connectivity index (χ0v) is 16.1. The fraction of sp³-hybridized carbons (Fsp3) is 0.167. The molecule has 0 saturated heterocycles. The van der Waals surface area contributed by atoms with E-state index < -0.39 is 0 Å². The third-order valence-corrected chi connectivity index (χ3v) is 4.81. The number of rotatable bonds is 6. The van der Waals surface area contributed by atoms with Crippen LogP contribution in [0, 0.1) is 11.3 Å². The zero-order valence-electron chi connectivity index (χ0n) is 16.1.